The summed E-state index contributed by atoms with van der Waals surface area (Å²) in [6.45, 7) is 0. The fourth-order valence-corrected chi connectivity index (χ4v) is 2.44. The molecule has 24 heavy (non-hydrogen) atoms. The Kier molecular flexibility index (Phi) is 6.51. The third-order valence-corrected chi connectivity index (χ3v) is 3.61. The highest BCUT2D eigenvalue weighted by atomic mass is 35.5. The quantitative estimate of drug-likeness (QED) is 0.453. The zero-order valence-electron chi connectivity index (χ0n) is 12.8. The van der Waals surface area contributed by atoms with Crippen molar-refractivity contribution in [1.29, 1.82) is 0 Å². The number of carbonyl (C=O) groups is 1. The van der Waals surface area contributed by atoms with Crippen LogP contribution in [0, 0.1) is 5.82 Å². The number of rotatable bonds is 7. The molecule has 0 unspecified atom stereocenters. The van der Waals surface area contributed by atoms with Gasteiger partial charge in [0.1, 0.15) is 11.6 Å². The third-order valence-electron chi connectivity index (χ3n) is 3.23. The highest BCUT2D eigenvalue weighted by molar-refractivity contribution is 6.35. The van der Waals surface area contributed by atoms with Crippen molar-refractivity contribution >= 4 is 17.5 Å². The number of nitrogens with two attached hydrogens (primary N) is 1. The molecule has 1 amide bonds. The van der Waals surface area contributed by atoms with E-state index in [9.17, 15) is 9.18 Å². The van der Waals surface area contributed by atoms with E-state index in [1.165, 1.54) is 13.2 Å². The Morgan fingerprint density at radius 2 is 2.00 bits per heavy atom. The number of hydrogen-bond donors (Lipinski definition) is 2. The van der Waals surface area contributed by atoms with Crippen molar-refractivity contribution in [2.45, 2.75) is 12.6 Å². The topological polar surface area (TPSA) is 82.8 Å². The van der Waals surface area contributed by atoms with E-state index in [1.807, 2.05) is 30.3 Å². The summed E-state index contributed by atoms with van der Waals surface area (Å²) in [5.74, 6) is 3.52. The molecule has 0 saturated carbocycles. The van der Waals surface area contributed by atoms with Crippen LogP contribution in [0.25, 0.3) is 0 Å². The Morgan fingerprint density at radius 1 is 1.29 bits per heavy atom. The molecule has 6 nitrogen and oxygen atoms in total. The second-order valence-corrected chi connectivity index (χ2v) is 5.16. The first-order valence-electron chi connectivity index (χ1n) is 6.95. The number of halogens is 2. The average molecular weight is 355 g/mol. The summed E-state index contributed by atoms with van der Waals surface area (Å²) in [7, 11) is 1.37. The molecule has 0 fully saturated rings. The number of benzene rings is 2. The minimum Gasteiger partial charge on any atom is -0.495 e. The lowest BCUT2D eigenvalue weighted by molar-refractivity contribution is -0.332. The average Bonchev–Trinajstić information content (AvgIpc) is 2.56. The number of methoxy groups -OCH3 is 1. The van der Waals surface area contributed by atoms with Gasteiger partial charge in [0.25, 0.3) is 5.91 Å². The van der Waals surface area contributed by atoms with E-state index in [0.717, 1.165) is 11.6 Å². The van der Waals surface area contributed by atoms with E-state index < -0.39 is 18.0 Å². The van der Waals surface area contributed by atoms with Crippen molar-refractivity contribution in [3.8, 4) is 5.75 Å². The third kappa shape index (κ3) is 4.42. The molecule has 0 heterocycles. The second kappa shape index (κ2) is 8.60. The lowest BCUT2D eigenvalue weighted by Crippen LogP contribution is -2.39. The molecule has 1 atom stereocenters. The number of carbonyl (C=O) groups excluding carboxylic acids is 1. The Labute approximate surface area is 143 Å². The van der Waals surface area contributed by atoms with Crippen molar-refractivity contribution in [2.24, 2.45) is 5.90 Å². The van der Waals surface area contributed by atoms with Gasteiger partial charge in [-0.15, -0.1) is 4.99 Å². The van der Waals surface area contributed by atoms with Crippen molar-refractivity contribution in [3.63, 3.8) is 0 Å². The molecule has 0 bridgehead atoms. The molecular formula is C16H16ClFN2O4. The Bertz CT molecular complexity index is 700. The van der Waals surface area contributed by atoms with Crippen LogP contribution in [0.2, 0.25) is 5.02 Å². The largest absolute Gasteiger partial charge is 0.495 e. The normalized spacial score (nSPS) is 11.8. The molecule has 0 aromatic heterocycles. The van der Waals surface area contributed by atoms with Gasteiger partial charge in [-0.3, -0.25) is 4.79 Å². The van der Waals surface area contributed by atoms with E-state index in [4.69, 9.17) is 27.1 Å². The van der Waals surface area contributed by atoms with Crippen LogP contribution in [0.3, 0.4) is 0 Å². The van der Waals surface area contributed by atoms with Gasteiger partial charge in [-0.25, -0.2) is 4.39 Å². The maximum absolute atomic E-state index is 14.0. The molecule has 128 valence electrons. The highest BCUT2D eigenvalue weighted by Crippen LogP contribution is 2.30. The minimum absolute atomic E-state index is 0.137. The predicted molar refractivity (Wildman–Crippen MR) is 85.7 cm³/mol. The van der Waals surface area contributed by atoms with Crippen LogP contribution in [-0.2, 0) is 16.3 Å². The smallest absolute Gasteiger partial charge is 0.258 e. The first-order chi connectivity index (χ1) is 11.6. The molecule has 0 aliphatic rings. The number of ether oxygens (including phenoxy) is 1. The molecule has 0 radical (unpaired) electrons. The first-order valence-corrected chi connectivity index (χ1v) is 7.33. The van der Waals surface area contributed by atoms with Crippen LogP contribution in [0.5, 0.6) is 5.75 Å². The van der Waals surface area contributed by atoms with Gasteiger partial charge in [0, 0.05) is 6.42 Å². The summed E-state index contributed by atoms with van der Waals surface area (Å²) in [4.78, 5) is 21.3. The lowest BCUT2D eigenvalue weighted by Gasteiger charge is -2.18. The predicted octanol–water partition coefficient (Wildman–Crippen LogP) is 2.61. The van der Waals surface area contributed by atoms with Crippen molar-refractivity contribution < 1.29 is 23.8 Å². The van der Waals surface area contributed by atoms with Gasteiger partial charge >= 0.3 is 0 Å². The van der Waals surface area contributed by atoms with E-state index in [0.29, 0.717) is 0 Å². The molecule has 2 aromatic rings. The summed E-state index contributed by atoms with van der Waals surface area (Å²) in [5.41, 5.74) is 0.506. The zero-order valence-corrected chi connectivity index (χ0v) is 13.5. The van der Waals surface area contributed by atoms with Gasteiger partial charge in [0.05, 0.1) is 17.7 Å². The number of amides is 1. The van der Waals surface area contributed by atoms with Gasteiger partial charge < -0.3 is 10.1 Å². The Balaban J connectivity index is 2.19. The fraction of sp³-hybridized carbons (Fsp3) is 0.188. The minimum atomic E-state index is -0.938. The zero-order chi connectivity index (χ0) is 17.5. The molecule has 2 rings (SSSR count). The summed E-state index contributed by atoms with van der Waals surface area (Å²) >= 11 is 6.01. The maximum atomic E-state index is 14.0. The van der Waals surface area contributed by atoms with Crippen LogP contribution in [0.4, 0.5) is 4.39 Å². The van der Waals surface area contributed by atoms with Crippen molar-refractivity contribution in [3.05, 3.63) is 64.4 Å². The summed E-state index contributed by atoms with van der Waals surface area (Å²) in [5, 5.41) is 2.33. The van der Waals surface area contributed by atoms with Crippen molar-refractivity contribution in [1.82, 2.24) is 5.32 Å². The van der Waals surface area contributed by atoms with Crippen molar-refractivity contribution in [2.75, 3.05) is 7.11 Å². The molecule has 0 saturated heterocycles. The lowest BCUT2D eigenvalue weighted by atomic mass is 10.1. The van der Waals surface area contributed by atoms with E-state index in [-0.39, 0.29) is 22.8 Å². The number of hydrogen-bond acceptors (Lipinski definition) is 5. The summed E-state index contributed by atoms with van der Waals surface area (Å²) in [6.07, 6.45) is -0.681. The van der Waals surface area contributed by atoms with Crippen LogP contribution < -0.4 is 16.0 Å². The first kappa shape index (κ1) is 18.2. The van der Waals surface area contributed by atoms with Gasteiger partial charge in [-0.05, 0) is 17.7 Å². The van der Waals surface area contributed by atoms with E-state index in [1.54, 1.807) is 0 Å². The fourth-order valence-electron chi connectivity index (χ4n) is 2.12. The molecule has 0 aliphatic heterocycles. The standard InChI is InChI=1S/C16H16ClFN2O4/c1-22-12-8-7-11(18)14(15(12)17)16(21)20-13(23-24-19)9-10-5-3-2-4-6-10/h2-8,13H,9,19H2,1H3,(H,20,21)/t13-/m0/s1. The van der Waals surface area contributed by atoms with Crippen LogP contribution in [-0.4, -0.2) is 19.2 Å². The molecular weight excluding hydrogens is 339 g/mol. The molecule has 0 spiro atoms. The van der Waals surface area contributed by atoms with Crippen LogP contribution in [0.15, 0.2) is 42.5 Å². The monoisotopic (exact) mass is 354 g/mol. The van der Waals surface area contributed by atoms with Gasteiger partial charge in [-0.1, -0.05) is 41.9 Å². The van der Waals surface area contributed by atoms with Crippen LogP contribution in [0.1, 0.15) is 15.9 Å². The summed E-state index contributed by atoms with van der Waals surface area (Å²) in [6, 6.07) is 11.6. The molecule has 2 aromatic carbocycles. The van der Waals surface area contributed by atoms with E-state index in [2.05, 4.69) is 10.3 Å². The number of nitrogens with one attached hydrogen (secondary N) is 1. The van der Waals surface area contributed by atoms with Gasteiger partial charge in [0.15, 0.2) is 6.23 Å². The Hall–Kier alpha value is -2.19. The van der Waals surface area contributed by atoms with Gasteiger partial charge in [0.2, 0.25) is 0 Å². The molecule has 8 heteroatoms. The molecule has 3 N–H and O–H groups in total. The van der Waals surface area contributed by atoms with Gasteiger partial charge in [-0.2, -0.15) is 10.8 Å². The highest BCUT2D eigenvalue weighted by Gasteiger charge is 2.23. The Morgan fingerprint density at radius 3 is 2.62 bits per heavy atom. The molecule has 0 aliphatic carbocycles. The van der Waals surface area contributed by atoms with E-state index >= 15 is 0 Å². The summed E-state index contributed by atoms with van der Waals surface area (Å²) < 4.78 is 19.0. The SMILES string of the molecule is COc1ccc(F)c(C(=O)N[C@H](Cc2ccccc2)OON)c1Cl. The maximum Gasteiger partial charge on any atom is 0.258 e. The second-order valence-electron chi connectivity index (χ2n) is 4.78. The van der Waals surface area contributed by atoms with Crippen LogP contribution >= 0.6 is 11.6 Å².